The maximum atomic E-state index is 6.04. The largest absolute Gasteiger partial charge is 0.496 e. The van der Waals surface area contributed by atoms with E-state index >= 15 is 0 Å². The fourth-order valence-electron chi connectivity index (χ4n) is 6.80. The van der Waals surface area contributed by atoms with Crippen LogP contribution >= 0.6 is 0 Å². The van der Waals surface area contributed by atoms with Crippen LogP contribution in [-0.2, 0) is 13.1 Å². The number of hydrogen-bond acceptors (Lipinski definition) is 2. The Labute approximate surface area is 246 Å². The molecule has 42 heavy (non-hydrogen) atoms. The Morgan fingerprint density at radius 2 is 0.833 bits per heavy atom. The van der Waals surface area contributed by atoms with Gasteiger partial charge in [-0.25, -0.2) is 0 Å². The molecule has 7 aromatic rings. The molecule has 0 atom stereocenters. The van der Waals surface area contributed by atoms with Crippen molar-refractivity contribution in [2.24, 2.45) is 0 Å². The third kappa shape index (κ3) is 3.89. The lowest BCUT2D eigenvalue weighted by molar-refractivity contribution is 0.406. The number of fused-ring (bicyclic) bond motifs is 6. The summed E-state index contributed by atoms with van der Waals surface area (Å²) in [7, 11) is 3.50. The molecule has 0 spiro atoms. The lowest BCUT2D eigenvalue weighted by Crippen LogP contribution is -1.95. The summed E-state index contributed by atoms with van der Waals surface area (Å²) >= 11 is 0. The van der Waals surface area contributed by atoms with Crippen LogP contribution in [-0.4, -0.2) is 23.4 Å². The average Bonchev–Trinajstić information content (AvgIpc) is 3.50. The molecule has 4 nitrogen and oxygen atoms in total. The van der Waals surface area contributed by atoms with Gasteiger partial charge in [-0.1, -0.05) is 35.4 Å². The maximum Gasteiger partial charge on any atom is 0.127 e. The SMILES string of the molecule is CCn1c2ccc(C)cc2c2cc(-c3cc(OC)c(-c4ccc5c(c4)c4cc(C)ccc4n5CC)cc3OC)ccc21. The molecular formula is C38H36N2O2. The van der Waals surface area contributed by atoms with Crippen molar-refractivity contribution in [2.45, 2.75) is 40.8 Å². The van der Waals surface area contributed by atoms with E-state index < -0.39 is 0 Å². The zero-order chi connectivity index (χ0) is 29.1. The standard InChI is InChI=1S/C38H36N2O2/c1-7-39-33-13-9-23(3)17-29(33)31-19-25(11-15-35(31)39)27-21-38(42-6)28(22-37(27)41-5)26-12-16-36-32(20-26)30-18-24(4)10-14-34(30)40(36)8-2/h9-22H,7-8H2,1-6H3. The van der Waals surface area contributed by atoms with Gasteiger partial charge in [-0.15, -0.1) is 0 Å². The Morgan fingerprint density at radius 3 is 1.19 bits per heavy atom. The molecule has 2 heterocycles. The fraction of sp³-hybridized carbons (Fsp3) is 0.211. The Bertz CT molecular complexity index is 2010. The number of nitrogens with zero attached hydrogens (tertiary/aromatic N) is 2. The van der Waals surface area contributed by atoms with Crippen LogP contribution in [0.5, 0.6) is 11.5 Å². The summed E-state index contributed by atoms with van der Waals surface area (Å²) in [6.07, 6.45) is 0. The molecule has 4 heteroatoms. The molecule has 210 valence electrons. The topological polar surface area (TPSA) is 28.3 Å². The predicted octanol–water partition coefficient (Wildman–Crippen LogP) is 9.91. The van der Waals surface area contributed by atoms with Crippen LogP contribution in [0.4, 0.5) is 0 Å². The number of methoxy groups -OCH3 is 2. The van der Waals surface area contributed by atoms with E-state index in [-0.39, 0.29) is 0 Å². The van der Waals surface area contributed by atoms with E-state index in [0.717, 1.165) is 46.8 Å². The smallest absolute Gasteiger partial charge is 0.127 e. The highest BCUT2D eigenvalue weighted by atomic mass is 16.5. The predicted molar refractivity (Wildman–Crippen MR) is 177 cm³/mol. The first-order chi connectivity index (χ1) is 20.4. The Morgan fingerprint density at radius 1 is 0.476 bits per heavy atom. The first-order valence-electron chi connectivity index (χ1n) is 14.8. The lowest BCUT2D eigenvalue weighted by atomic mass is 9.96. The molecule has 0 aliphatic rings. The van der Waals surface area contributed by atoms with Crippen LogP contribution < -0.4 is 9.47 Å². The molecule has 2 aromatic heterocycles. The molecule has 0 aliphatic heterocycles. The van der Waals surface area contributed by atoms with E-state index in [2.05, 4.69) is 122 Å². The highest BCUT2D eigenvalue weighted by molar-refractivity contribution is 6.11. The molecule has 0 fully saturated rings. The van der Waals surface area contributed by atoms with Crippen molar-refractivity contribution in [1.29, 1.82) is 0 Å². The van der Waals surface area contributed by atoms with Gasteiger partial charge in [0.1, 0.15) is 11.5 Å². The van der Waals surface area contributed by atoms with Gasteiger partial charge in [0.15, 0.2) is 0 Å². The van der Waals surface area contributed by atoms with E-state index in [1.54, 1.807) is 14.2 Å². The minimum absolute atomic E-state index is 0.826. The van der Waals surface area contributed by atoms with Crippen molar-refractivity contribution in [3.63, 3.8) is 0 Å². The molecule has 0 amide bonds. The number of aryl methyl sites for hydroxylation is 4. The van der Waals surface area contributed by atoms with E-state index in [4.69, 9.17) is 9.47 Å². The van der Waals surface area contributed by atoms with Gasteiger partial charge in [-0.3, -0.25) is 0 Å². The van der Waals surface area contributed by atoms with Crippen LogP contribution in [0, 0.1) is 13.8 Å². The van der Waals surface area contributed by atoms with Crippen molar-refractivity contribution in [3.8, 4) is 33.8 Å². The van der Waals surface area contributed by atoms with Crippen LogP contribution in [0.25, 0.3) is 65.9 Å². The monoisotopic (exact) mass is 552 g/mol. The van der Waals surface area contributed by atoms with E-state index in [0.29, 0.717) is 0 Å². The number of aromatic nitrogens is 2. The first-order valence-corrected chi connectivity index (χ1v) is 14.8. The van der Waals surface area contributed by atoms with Gasteiger partial charge in [-0.2, -0.15) is 0 Å². The minimum Gasteiger partial charge on any atom is -0.496 e. The maximum absolute atomic E-state index is 6.04. The van der Waals surface area contributed by atoms with Gasteiger partial charge in [0.05, 0.1) is 14.2 Å². The van der Waals surface area contributed by atoms with E-state index in [1.807, 2.05) is 0 Å². The first kappa shape index (κ1) is 26.2. The van der Waals surface area contributed by atoms with Crippen LogP contribution in [0.2, 0.25) is 0 Å². The quantitative estimate of drug-likeness (QED) is 0.205. The second-order valence-electron chi connectivity index (χ2n) is 11.2. The van der Waals surface area contributed by atoms with Crippen LogP contribution in [0.3, 0.4) is 0 Å². The van der Waals surface area contributed by atoms with Crippen LogP contribution in [0.15, 0.2) is 84.9 Å². The lowest BCUT2D eigenvalue weighted by Gasteiger charge is -2.16. The minimum atomic E-state index is 0.826. The average molecular weight is 553 g/mol. The highest BCUT2D eigenvalue weighted by Crippen LogP contribution is 2.44. The Balaban J connectivity index is 1.42. The van der Waals surface area contributed by atoms with Gasteiger partial charge in [0, 0.05) is 67.8 Å². The molecule has 0 aliphatic carbocycles. The zero-order valence-electron chi connectivity index (χ0n) is 25.2. The fourth-order valence-corrected chi connectivity index (χ4v) is 6.80. The number of benzene rings is 5. The van der Waals surface area contributed by atoms with Crippen molar-refractivity contribution in [1.82, 2.24) is 9.13 Å². The van der Waals surface area contributed by atoms with E-state index in [9.17, 15) is 0 Å². The van der Waals surface area contributed by atoms with Gasteiger partial charge >= 0.3 is 0 Å². The molecular weight excluding hydrogens is 516 g/mol. The summed E-state index contributed by atoms with van der Waals surface area (Å²) in [5, 5.41) is 5.08. The summed E-state index contributed by atoms with van der Waals surface area (Å²) in [6.45, 7) is 10.6. The van der Waals surface area contributed by atoms with E-state index in [1.165, 1.54) is 54.7 Å². The van der Waals surface area contributed by atoms with Gasteiger partial charge in [0.2, 0.25) is 0 Å². The summed E-state index contributed by atoms with van der Waals surface area (Å²) in [6, 6.07) is 31.2. The summed E-state index contributed by atoms with van der Waals surface area (Å²) < 4.78 is 16.9. The van der Waals surface area contributed by atoms with Crippen molar-refractivity contribution < 1.29 is 9.47 Å². The number of rotatable bonds is 6. The highest BCUT2D eigenvalue weighted by Gasteiger charge is 2.18. The second-order valence-corrected chi connectivity index (χ2v) is 11.2. The molecule has 7 rings (SSSR count). The summed E-state index contributed by atoms with van der Waals surface area (Å²) in [5.74, 6) is 1.65. The van der Waals surface area contributed by atoms with Gasteiger partial charge in [-0.05, 0) is 99.5 Å². The van der Waals surface area contributed by atoms with Gasteiger partial charge in [0.25, 0.3) is 0 Å². The Kier molecular flexibility index (Phi) is 6.23. The van der Waals surface area contributed by atoms with Crippen molar-refractivity contribution in [3.05, 3.63) is 96.1 Å². The van der Waals surface area contributed by atoms with Crippen molar-refractivity contribution >= 4 is 43.6 Å². The van der Waals surface area contributed by atoms with Gasteiger partial charge < -0.3 is 18.6 Å². The normalized spacial score (nSPS) is 11.8. The summed E-state index contributed by atoms with van der Waals surface area (Å²) in [4.78, 5) is 0. The molecule has 0 saturated heterocycles. The molecule has 0 unspecified atom stereocenters. The zero-order valence-corrected chi connectivity index (χ0v) is 25.2. The number of hydrogen-bond donors (Lipinski definition) is 0. The second kappa shape index (κ2) is 9.99. The Hall–Kier alpha value is -4.70. The molecule has 0 radical (unpaired) electrons. The van der Waals surface area contributed by atoms with Crippen LogP contribution in [0.1, 0.15) is 25.0 Å². The third-order valence-corrected chi connectivity index (χ3v) is 8.82. The summed E-state index contributed by atoms with van der Waals surface area (Å²) in [5.41, 5.74) is 11.8. The van der Waals surface area contributed by atoms with Crippen molar-refractivity contribution in [2.75, 3.05) is 14.2 Å². The molecule has 0 N–H and O–H groups in total. The number of ether oxygens (including phenoxy) is 2. The molecule has 5 aromatic carbocycles. The molecule has 0 bridgehead atoms. The third-order valence-electron chi connectivity index (χ3n) is 8.82. The molecule has 0 saturated carbocycles.